The molecule has 0 unspecified atom stereocenters. The first-order valence-corrected chi connectivity index (χ1v) is 7.33. The van der Waals surface area contributed by atoms with Crippen molar-refractivity contribution in [1.82, 2.24) is 10.2 Å². The van der Waals surface area contributed by atoms with Crippen LogP contribution in [0.5, 0.6) is 0 Å². The summed E-state index contributed by atoms with van der Waals surface area (Å²) in [4.78, 5) is 2.54. The maximum atomic E-state index is 5.92. The Hall–Kier alpha value is -0.570. The summed E-state index contributed by atoms with van der Waals surface area (Å²) in [7, 11) is 0. The molecule has 0 atom stereocenters. The average molecular weight is 267 g/mol. The third kappa shape index (κ3) is 4.27. The van der Waals surface area contributed by atoms with E-state index < -0.39 is 0 Å². The molecule has 1 saturated heterocycles. The Bertz CT molecular complexity index is 344. The molecule has 1 aromatic rings. The number of hydrogen-bond acceptors (Lipinski definition) is 2. The van der Waals surface area contributed by atoms with E-state index in [1.807, 2.05) is 12.1 Å². The highest BCUT2D eigenvalue weighted by Crippen LogP contribution is 2.16. The fourth-order valence-corrected chi connectivity index (χ4v) is 2.71. The number of halogens is 1. The molecule has 0 spiro atoms. The van der Waals surface area contributed by atoms with E-state index in [9.17, 15) is 0 Å². The maximum Gasteiger partial charge on any atom is 0.0406 e. The van der Waals surface area contributed by atoms with Crippen LogP contribution in [-0.2, 0) is 6.54 Å². The van der Waals surface area contributed by atoms with Crippen molar-refractivity contribution in [3.05, 3.63) is 34.9 Å². The first-order chi connectivity index (χ1) is 8.78. The molecule has 3 heteroatoms. The molecule has 2 nitrogen and oxygen atoms in total. The van der Waals surface area contributed by atoms with Gasteiger partial charge >= 0.3 is 0 Å². The number of nitrogens with one attached hydrogen (secondary N) is 1. The molecular weight excluding hydrogens is 244 g/mol. The summed E-state index contributed by atoms with van der Waals surface area (Å²) in [5.74, 6) is 0.860. The number of benzene rings is 1. The Balaban J connectivity index is 1.86. The normalized spacial score (nSPS) is 17.3. The lowest BCUT2D eigenvalue weighted by Gasteiger charge is -2.29. The third-order valence-corrected chi connectivity index (χ3v) is 3.99. The highest BCUT2D eigenvalue weighted by molar-refractivity contribution is 6.30. The molecule has 2 rings (SSSR count). The van der Waals surface area contributed by atoms with Crippen LogP contribution in [0.15, 0.2) is 24.3 Å². The van der Waals surface area contributed by atoms with Gasteiger partial charge in [0, 0.05) is 18.1 Å². The Morgan fingerprint density at radius 3 is 2.50 bits per heavy atom. The second kappa shape index (κ2) is 7.13. The van der Waals surface area contributed by atoms with Gasteiger partial charge in [0.2, 0.25) is 0 Å². The predicted molar refractivity (Wildman–Crippen MR) is 78.0 cm³/mol. The van der Waals surface area contributed by atoms with Gasteiger partial charge in [-0.15, -0.1) is 0 Å². The van der Waals surface area contributed by atoms with E-state index >= 15 is 0 Å². The van der Waals surface area contributed by atoms with Gasteiger partial charge in [-0.1, -0.05) is 30.7 Å². The van der Waals surface area contributed by atoms with E-state index in [1.165, 1.54) is 38.0 Å². The summed E-state index contributed by atoms with van der Waals surface area (Å²) < 4.78 is 0. The van der Waals surface area contributed by atoms with Crippen LogP contribution in [-0.4, -0.2) is 31.1 Å². The molecule has 18 heavy (non-hydrogen) atoms. The lowest BCUT2D eigenvalue weighted by atomic mass is 9.97. The van der Waals surface area contributed by atoms with Crippen molar-refractivity contribution in [2.24, 2.45) is 5.92 Å². The van der Waals surface area contributed by atoms with Gasteiger partial charge in [0.05, 0.1) is 0 Å². The number of rotatable bonds is 5. The van der Waals surface area contributed by atoms with Crippen LogP contribution in [0.1, 0.15) is 25.3 Å². The summed E-state index contributed by atoms with van der Waals surface area (Å²) in [6, 6.07) is 8.23. The zero-order valence-electron chi connectivity index (χ0n) is 11.2. The third-order valence-electron chi connectivity index (χ3n) is 3.74. The Labute approximate surface area is 115 Å². The highest BCUT2D eigenvalue weighted by Gasteiger charge is 2.16. The van der Waals surface area contributed by atoms with Gasteiger partial charge in [-0.2, -0.15) is 0 Å². The summed E-state index contributed by atoms with van der Waals surface area (Å²) in [5.41, 5.74) is 1.36. The molecule has 1 aliphatic heterocycles. The molecule has 0 aromatic heterocycles. The van der Waals surface area contributed by atoms with E-state index in [0.29, 0.717) is 0 Å². The lowest BCUT2D eigenvalue weighted by Crippen LogP contribution is -2.35. The molecule has 1 aliphatic rings. The molecule has 100 valence electrons. The number of nitrogens with zero attached hydrogens (tertiary/aromatic N) is 1. The van der Waals surface area contributed by atoms with Crippen molar-refractivity contribution in [3.63, 3.8) is 0 Å². The van der Waals surface area contributed by atoms with E-state index in [-0.39, 0.29) is 0 Å². The maximum absolute atomic E-state index is 5.92. The van der Waals surface area contributed by atoms with Gasteiger partial charge < -0.3 is 5.32 Å². The second-order valence-electron chi connectivity index (χ2n) is 5.15. The summed E-state index contributed by atoms with van der Waals surface area (Å²) >= 11 is 5.92. The minimum absolute atomic E-state index is 0.820. The SMILES string of the molecule is CCN(Cc1ccc(Cl)cc1)CC1CCNCC1. The summed E-state index contributed by atoms with van der Waals surface area (Å²) in [5, 5.41) is 4.25. The molecule has 1 aromatic carbocycles. The van der Waals surface area contributed by atoms with Crippen LogP contribution in [0.25, 0.3) is 0 Å². The van der Waals surface area contributed by atoms with Crippen LogP contribution in [0.2, 0.25) is 5.02 Å². The van der Waals surface area contributed by atoms with Crippen molar-refractivity contribution in [3.8, 4) is 0 Å². The minimum Gasteiger partial charge on any atom is -0.317 e. The molecule has 0 aliphatic carbocycles. The smallest absolute Gasteiger partial charge is 0.0406 e. The van der Waals surface area contributed by atoms with Crippen molar-refractivity contribution in [1.29, 1.82) is 0 Å². The highest BCUT2D eigenvalue weighted by atomic mass is 35.5. The predicted octanol–water partition coefficient (Wildman–Crippen LogP) is 3.16. The molecular formula is C15H23ClN2. The van der Waals surface area contributed by atoms with Gasteiger partial charge in [0.15, 0.2) is 0 Å². The van der Waals surface area contributed by atoms with Crippen LogP contribution in [0.4, 0.5) is 0 Å². The molecule has 1 heterocycles. The quantitative estimate of drug-likeness (QED) is 0.881. The number of hydrogen-bond donors (Lipinski definition) is 1. The largest absolute Gasteiger partial charge is 0.317 e. The Kier molecular flexibility index (Phi) is 5.48. The van der Waals surface area contributed by atoms with Gasteiger partial charge in [0.25, 0.3) is 0 Å². The van der Waals surface area contributed by atoms with Crippen LogP contribution in [0.3, 0.4) is 0 Å². The van der Waals surface area contributed by atoms with Gasteiger partial charge in [0.1, 0.15) is 0 Å². The van der Waals surface area contributed by atoms with Crippen LogP contribution in [0, 0.1) is 5.92 Å². The van der Waals surface area contributed by atoms with E-state index in [1.54, 1.807) is 0 Å². The van der Waals surface area contributed by atoms with Crippen molar-refractivity contribution in [2.75, 3.05) is 26.2 Å². The first kappa shape index (κ1) is 13.9. The van der Waals surface area contributed by atoms with Gasteiger partial charge in [-0.25, -0.2) is 0 Å². The minimum atomic E-state index is 0.820. The topological polar surface area (TPSA) is 15.3 Å². The molecule has 0 radical (unpaired) electrons. The standard InChI is InChI=1S/C15H23ClN2/c1-2-18(12-14-7-9-17-10-8-14)11-13-3-5-15(16)6-4-13/h3-6,14,17H,2,7-12H2,1H3. The van der Waals surface area contributed by atoms with Crippen molar-refractivity contribution in [2.45, 2.75) is 26.3 Å². The first-order valence-electron chi connectivity index (χ1n) is 6.95. The summed E-state index contributed by atoms with van der Waals surface area (Å²) in [6.45, 7) is 7.99. The fraction of sp³-hybridized carbons (Fsp3) is 0.600. The van der Waals surface area contributed by atoms with E-state index in [4.69, 9.17) is 11.6 Å². The lowest BCUT2D eigenvalue weighted by molar-refractivity contribution is 0.207. The van der Waals surface area contributed by atoms with Gasteiger partial charge in [-0.3, -0.25) is 4.90 Å². The van der Waals surface area contributed by atoms with Crippen LogP contribution >= 0.6 is 11.6 Å². The van der Waals surface area contributed by atoms with Crippen molar-refractivity contribution >= 4 is 11.6 Å². The molecule has 0 amide bonds. The number of piperidine rings is 1. The average Bonchev–Trinajstić information content (AvgIpc) is 2.41. The van der Waals surface area contributed by atoms with Crippen molar-refractivity contribution < 1.29 is 0 Å². The Morgan fingerprint density at radius 2 is 1.89 bits per heavy atom. The molecule has 0 saturated carbocycles. The summed E-state index contributed by atoms with van der Waals surface area (Å²) in [6.07, 6.45) is 2.63. The van der Waals surface area contributed by atoms with E-state index in [0.717, 1.165) is 24.0 Å². The van der Waals surface area contributed by atoms with E-state index in [2.05, 4.69) is 29.3 Å². The zero-order chi connectivity index (χ0) is 12.8. The van der Waals surface area contributed by atoms with Gasteiger partial charge in [-0.05, 0) is 56.1 Å². The fourth-order valence-electron chi connectivity index (χ4n) is 2.58. The molecule has 1 fully saturated rings. The molecule has 0 bridgehead atoms. The van der Waals surface area contributed by atoms with Crippen LogP contribution < -0.4 is 5.32 Å². The zero-order valence-corrected chi connectivity index (χ0v) is 11.9. The second-order valence-corrected chi connectivity index (χ2v) is 5.58. The molecule has 1 N–H and O–H groups in total. The Morgan fingerprint density at radius 1 is 1.22 bits per heavy atom. The monoisotopic (exact) mass is 266 g/mol.